The van der Waals surface area contributed by atoms with Crippen molar-refractivity contribution in [3.8, 4) is 0 Å². The molecule has 0 bridgehead atoms. The molecular weight excluding hydrogens is 162 g/mol. The molecule has 1 rings (SSSR count). The van der Waals surface area contributed by atoms with Crippen LogP contribution in [0, 0.1) is 6.92 Å². The SMILES string of the molecule is C.C=C(C)c1onc(C)c1/C=C\C. The Labute approximate surface area is 79.9 Å². The molecule has 0 aliphatic rings. The van der Waals surface area contributed by atoms with Crippen LogP contribution in [0.5, 0.6) is 0 Å². The number of rotatable bonds is 2. The van der Waals surface area contributed by atoms with Gasteiger partial charge in [-0.3, -0.25) is 0 Å². The van der Waals surface area contributed by atoms with Crippen LogP contribution >= 0.6 is 0 Å². The van der Waals surface area contributed by atoms with Crippen LogP contribution in [0.4, 0.5) is 0 Å². The third kappa shape index (κ3) is 2.31. The fraction of sp³-hybridized carbons (Fsp3) is 0.364. The Morgan fingerprint density at radius 3 is 2.62 bits per heavy atom. The van der Waals surface area contributed by atoms with E-state index in [0.29, 0.717) is 0 Å². The van der Waals surface area contributed by atoms with Gasteiger partial charge in [0.1, 0.15) is 0 Å². The molecule has 0 aliphatic carbocycles. The molecule has 0 aromatic carbocycles. The van der Waals surface area contributed by atoms with Gasteiger partial charge in [-0.1, -0.05) is 31.3 Å². The standard InChI is InChI=1S/C10H13NO.CH4/c1-5-6-9-8(4)11-12-10(9)7(2)3;/h5-6H,2H2,1,3-4H3;1H4/b6-5-;. The lowest BCUT2D eigenvalue weighted by Crippen LogP contribution is -1.79. The number of nitrogens with zero attached hydrogens (tertiary/aromatic N) is 1. The molecule has 1 aromatic rings. The smallest absolute Gasteiger partial charge is 0.169 e. The maximum atomic E-state index is 5.11. The van der Waals surface area contributed by atoms with Crippen LogP contribution in [0.15, 0.2) is 17.2 Å². The summed E-state index contributed by atoms with van der Waals surface area (Å²) in [4.78, 5) is 0. The Morgan fingerprint density at radius 1 is 1.54 bits per heavy atom. The minimum Gasteiger partial charge on any atom is -0.356 e. The lowest BCUT2D eigenvalue weighted by Gasteiger charge is -1.93. The summed E-state index contributed by atoms with van der Waals surface area (Å²) in [5.74, 6) is 0.783. The second-order valence-corrected chi connectivity index (χ2v) is 2.79. The van der Waals surface area contributed by atoms with Crippen LogP contribution < -0.4 is 0 Å². The predicted molar refractivity (Wildman–Crippen MR) is 57.4 cm³/mol. The minimum atomic E-state index is 0. The van der Waals surface area contributed by atoms with Gasteiger partial charge >= 0.3 is 0 Å². The molecule has 2 nitrogen and oxygen atoms in total. The summed E-state index contributed by atoms with van der Waals surface area (Å²) in [6, 6.07) is 0. The first-order valence-electron chi connectivity index (χ1n) is 3.91. The van der Waals surface area contributed by atoms with Crippen molar-refractivity contribution in [2.75, 3.05) is 0 Å². The highest BCUT2D eigenvalue weighted by atomic mass is 16.5. The Bertz CT molecular complexity index is 321. The molecule has 0 saturated heterocycles. The summed E-state index contributed by atoms with van der Waals surface area (Å²) in [5.41, 5.74) is 2.85. The first-order chi connectivity index (χ1) is 5.66. The van der Waals surface area contributed by atoms with E-state index in [1.807, 2.05) is 32.9 Å². The van der Waals surface area contributed by atoms with E-state index in [2.05, 4.69) is 11.7 Å². The Hall–Kier alpha value is -1.31. The van der Waals surface area contributed by atoms with Gasteiger partial charge in [-0.25, -0.2) is 0 Å². The molecule has 0 saturated carbocycles. The fourth-order valence-corrected chi connectivity index (χ4v) is 1.05. The topological polar surface area (TPSA) is 26.0 Å². The predicted octanol–water partition coefficient (Wildman–Crippen LogP) is 3.69. The minimum absolute atomic E-state index is 0. The molecule has 0 N–H and O–H groups in total. The molecule has 72 valence electrons. The van der Waals surface area contributed by atoms with E-state index >= 15 is 0 Å². The first kappa shape index (κ1) is 11.7. The van der Waals surface area contributed by atoms with Gasteiger partial charge < -0.3 is 4.52 Å². The largest absolute Gasteiger partial charge is 0.356 e. The van der Waals surface area contributed by atoms with Crippen LogP contribution in [-0.4, -0.2) is 5.16 Å². The lowest BCUT2D eigenvalue weighted by atomic mass is 10.1. The summed E-state index contributed by atoms with van der Waals surface area (Å²) in [6.45, 7) is 9.61. The highest BCUT2D eigenvalue weighted by Gasteiger charge is 2.09. The zero-order valence-electron chi connectivity index (χ0n) is 7.72. The van der Waals surface area contributed by atoms with Gasteiger partial charge in [0.15, 0.2) is 5.76 Å². The van der Waals surface area contributed by atoms with Crippen molar-refractivity contribution in [2.45, 2.75) is 28.2 Å². The summed E-state index contributed by atoms with van der Waals surface area (Å²) in [6.07, 6.45) is 3.95. The number of hydrogen-bond donors (Lipinski definition) is 0. The van der Waals surface area contributed by atoms with E-state index < -0.39 is 0 Å². The third-order valence-corrected chi connectivity index (χ3v) is 1.63. The average Bonchev–Trinajstić information content (AvgIpc) is 2.34. The van der Waals surface area contributed by atoms with E-state index in [-0.39, 0.29) is 7.43 Å². The van der Waals surface area contributed by atoms with Gasteiger partial charge in [0.2, 0.25) is 0 Å². The molecule has 0 aliphatic heterocycles. The van der Waals surface area contributed by atoms with Crippen LogP contribution in [0.2, 0.25) is 0 Å². The summed E-state index contributed by atoms with van der Waals surface area (Å²) >= 11 is 0. The van der Waals surface area contributed by atoms with Crippen molar-refractivity contribution < 1.29 is 4.52 Å². The second kappa shape index (κ2) is 4.65. The van der Waals surface area contributed by atoms with Crippen molar-refractivity contribution in [3.63, 3.8) is 0 Å². The summed E-state index contributed by atoms with van der Waals surface area (Å²) in [5, 5.41) is 3.87. The van der Waals surface area contributed by atoms with Crippen LogP contribution in [0.25, 0.3) is 11.6 Å². The quantitative estimate of drug-likeness (QED) is 0.692. The van der Waals surface area contributed by atoms with Gasteiger partial charge in [0.25, 0.3) is 0 Å². The van der Waals surface area contributed by atoms with Gasteiger partial charge in [-0.2, -0.15) is 0 Å². The van der Waals surface area contributed by atoms with Crippen LogP contribution in [-0.2, 0) is 0 Å². The number of aryl methyl sites for hydroxylation is 1. The highest BCUT2D eigenvalue weighted by Crippen LogP contribution is 2.21. The maximum absolute atomic E-state index is 5.11. The summed E-state index contributed by atoms with van der Waals surface area (Å²) < 4.78 is 5.11. The molecule has 0 spiro atoms. The average molecular weight is 179 g/mol. The van der Waals surface area contributed by atoms with Crippen LogP contribution in [0.1, 0.15) is 38.3 Å². The molecule has 2 heteroatoms. The van der Waals surface area contributed by atoms with Gasteiger partial charge in [-0.05, 0) is 26.3 Å². The molecular formula is C11H17NO. The zero-order chi connectivity index (χ0) is 9.14. The van der Waals surface area contributed by atoms with Crippen molar-refractivity contribution in [2.24, 2.45) is 0 Å². The molecule has 1 heterocycles. The normalized spacial score (nSPS) is 10.1. The number of hydrogen-bond acceptors (Lipinski definition) is 2. The fourth-order valence-electron chi connectivity index (χ4n) is 1.05. The highest BCUT2D eigenvalue weighted by molar-refractivity contribution is 5.68. The van der Waals surface area contributed by atoms with E-state index in [4.69, 9.17) is 4.52 Å². The summed E-state index contributed by atoms with van der Waals surface area (Å²) in [7, 11) is 0. The van der Waals surface area contributed by atoms with E-state index in [1.54, 1.807) is 0 Å². The zero-order valence-corrected chi connectivity index (χ0v) is 7.72. The molecule has 0 fully saturated rings. The van der Waals surface area contributed by atoms with E-state index in [9.17, 15) is 0 Å². The number of aromatic nitrogens is 1. The lowest BCUT2D eigenvalue weighted by molar-refractivity contribution is 0.405. The molecule has 13 heavy (non-hydrogen) atoms. The Balaban J connectivity index is 0.00000144. The van der Waals surface area contributed by atoms with Crippen molar-refractivity contribution >= 4 is 11.6 Å². The van der Waals surface area contributed by atoms with Gasteiger partial charge in [0.05, 0.1) is 5.69 Å². The molecule has 0 unspecified atom stereocenters. The second-order valence-electron chi connectivity index (χ2n) is 2.79. The Kier molecular flexibility index (Phi) is 4.18. The molecule has 1 aromatic heterocycles. The van der Waals surface area contributed by atoms with Crippen LogP contribution in [0.3, 0.4) is 0 Å². The molecule has 0 amide bonds. The van der Waals surface area contributed by atoms with Gasteiger partial charge in [0, 0.05) is 5.56 Å². The van der Waals surface area contributed by atoms with Gasteiger partial charge in [-0.15, -0.1) is 0 Å². The Morgan fingerprint density at radius 2 is 2.15 bits per heavy atom. The number of allylic oxidation sites excluding steroid dienone is 2. The van der Waals surface area contributed by atoms with Crippen molar-refractivity contribution in [1.82, 2.24) is 5.16 Å². The third-order valence-electron chi connectivity index (χ3n) is 1.63. The monoisotopic (exact) mass is 179 g/mol. The van der Waals surface area contributed by atoms with Crippen molar-refractivity contribution in [3.05, 3.63) is 29.7 Å². The van der Waals surface area contributed by atoms with Crippen molar-refractivity contribution in [1.29, 1.82) is 0 Å². The molecule has 0 radical (unpaired) electrons. The maximum Gasteiger partial charge on any atom is 0.169 e. The molecule has 0 atom stereocenters. The van der Waals surface area contributed by atoms with E-state index in [1.165, 1.54) is 0 Å². The first-order valence-corrected chi connectivity index (χ1v) is 3.91. The van der Waals surface area contributed by atoms with E-state index in [0.717, 1.165) is 22.6 Å².